The molecule has 0 amide bonds. The highest BCUT2D eigenvalue weighted by molar-refractivity contribution is 9.10. The van der Waals surface area contributed by atoms with Crippen LogP contribution >= 0.6 is 15.9 Å². The number of hydrogen-bond acceptors (Lipinski definition) is 3. The highest BCUT2D eigenvalue weighted by atomic mass is 79.9. The fourth-order valence-electron chi connectivity index (χ4n) is 2.03. The number of hydrogen-bond donors (Lipinski definition) is 1. The van der Waals surface area contributed by atoms with Crippen molar-refractivity contribution in [3.05, 3.63) is 22.8 Å². The first-order valence-electron chi connectivity index (χ1n) is 5.66. The van der Waals surface area contributed by atoms with Gasteiger partial charge in [0.1, 0.15) is 6.10 Å². The maximum Gasteiger partial charge on any atom is 0.306 e. The predicted molar refractivity (Wildman–Crippen MR) is 65.9 cm³/mol. The lowest BCUT2D eigenvalue weighted by Crippen LogP contribution is -2.28. The number of aliphatic carboxylic acids is 1. The molecular formula is C12H14BrNO3. The number of carbonyl (C=O) groups is 1. The van der Waals surface area contributed by atoms with Crippen LogP contribution in [0.5, 0.6) is 5.88 Å². The largest absolute Gasteiger partial charge is 0.481 e. The zero-order valence-corrected chi connectivity index (χ0v) is 10.9. The molecule has 1 N–H and O–H groups in total. The number of aromatic nitrogens is 1. The van der Waals surface area contributed by atoms with E-state index in [0.717, 1.165) is 17.3 Å². The molecule has 0 spiro atoms. The Morgan fingerprint density at radius 1 is 1.35 bits per heavy atom. The molecule has 0 aliphatic heterocycles. The van der Waals surface area contributed by atoms with E-state index in [9.17, 15) is 4.79 Å². The number of carboxylic acid groups (broad SMARTS) is 1. The summed E-state index contributed by atoms with van der Waals surface area (Å²) in [7, 11) is 0. The highest BCUT2D eigenvalue weighted by Gasteiger charge is 2.26. The van der Waals surface area contributed by atoms with Crippen molar-refractivity contribution in [1.29, 1.82) is 0 Å². The second-order valence-electron chi connectivity index (χ2n) is 4.24. The van der Waals surface area contributed by atoms with Crippen molar-refractivity contribution in [2.75, 3.05) is 0 Å². The number of ether oxygens (including phenoxy) is 1. The zero-order chi connectivity index (χ0) is 12.3. The van der Waals surface area contributed by atoms with Crippen LogP contribution in [-0.2, 0) is 4.79 Å². The number of halogens is 1. The van der Waals surface area contributed by atoms with Crippen molar-refractivity contribution < 1.29 is 14.6 Å². The number of carboxylic acids is 1. The minimum atomic E-state index is -0.690. The van der Waals surface area contributed by atoms with E-state index in [1.165, 1.54) is 0 Å². The summed E-state index contributed by atoms with van der Waals surface area (Å²) in [4.78, 5) is 14.9. The summed E-state index contributed by atoms with van der Waals surface area (Å²) in [6.07, 6.45) is 4.74. The van der Waals surface area contributed by atoms with Gasteiger partial charge in [-0.1, -0.05) is 0 Å². The van der Waals surface area contributed by atoms with Crippen LogP contribution in [0, 0.1) is 5.92 Å². The van der Waals surface area contributed by atoms with E-state index in [-0.39, 0.29) is 12.0 Å². The van der Waals surface area contributed by atoms with Crippen LogP contribution in [-0.4, -0.2) is 22.2 Å². The summed E-state index contributed by atoms with van der Waals surface area (Å²) >= 11 is 3.31. The van der Waals surface area contributed by atoms with E-state index in [1.807, 2.05) is 12.1 Å². The van der Waals surface area contributed by atoms with Crippen molar-refractivity contribution in [3.8, 4) is 5.88 Å². The molecule has 5 heteroatoms. The minimum absolute atomic E-state index is 0.0966. The fraction of sp³-hybridized carbons (Fsp3) is 0.500. The van der Waals surface area contributed by atoms with Gasteiger partial charge in [0.25, 0.3) is 0 Å². The van der Waals surface area contributed by atoms with Crippen LogP contribution in [0.25, 0.3) is 0 Å². The monoisotopic (exact) mass is 299 g/mol. The van der Waals surface area contributed by atoms with E-state index < -0.39 is 5.97 Å². The van der Waals surface area contributed by atoms with Crippen LogP contribution in [0.1, 0.15) is 25.7 Å². The highest BCUT2D eigenvalue weighted by Crippen LogP contribution is 2.27. The first-order chi connectivity index (χ1) is 8.15. The van der Waals surface area contributed by atoms with Gasteiger partial charge in [0.2, 0.25) is 5.88 Å². The fourth-order valence-corrected chi connectivity index (χ4v) is 2.26. The molecule has 1 aliphatic rings. The first kappa shape index (κ1) is 12.4. The molecule has 0 radical (unpaired) electrons. The Morgan fingerprint density at radius 3 is 2.59 bits per heavy atom. The van der Waals surface area contributed by atoms with Crippen LogP contribution in [0.4, 0.5) is 0 Å². The van der Waals surface area contributed by atoms with Crippen LogP contribution in [0.15, 0.2) is 22.8 Å². The van der Waals surface area contributed by atoms with Crippen LogP contribution in [0.3, 0.4) is 0 Å². The lowest BCUT2D eigenvalue weighted by atomic mass is 9.87. The van der Waals surface area contributed by atoms with Crippen LogP contribution in [0.2, 0.25) is 0 Å². The van der Waals surface area contributed by atoms with Gasteiger partial charge in [-0.25, -0.2) is 4.98 Å². The molecule has 0 aromatic carbocycles. The molecule has 1 aliphatic carbocycles. The Labute approximate surface area is 108 Å². The average Bonchev–Trinajstić information content (AvgIpc) is 2.33. The van der Waals surface area contributed by atoms with Gasteiger partial charge in [-0.05, 0) is 47.7 Å². The van der Waals surface area contributed by atoms with E-state index >= 15 is 0 Å². The Bertz CT molecular complexity index is 385. The van der Waals surface area contributed by atoms with E-state index in [1.54, 1.807) is 6.20 Å². The lowest BCUT2D eigenvalue weighted by molar-refractivity contribution is -0.143. The molecule has 2 rings (SSSR count). The van der Waals surface area contributed by atoms with Crippen molar-refractivity contribution >= 4 is 21.9 Å². The molecule has 4 nitrogen and oxygen atoms in total. The summed E-state index contributed by atoms with van der Waals surface area (Å²) in [6.45, 7) is 0. The standard InChI is InChI=1S/C12H14BrNO3/c13-9-3-6-11(14-7-9)17-10-4-1-8(2-5-10)12(15)16/h3,6-8,10H,1-2,4-5H2,(H,15,16)/t8-,10+. The first-order valence-corrected chi connectivity index (χ1v) is 6.45. The van der Waals surface area contributed by atoms with Crippen molar-refractivity contribution in [3.63, 3.8) is 0 Å². The molecule has 92 valence electrons. The van der Waals surface area contributed by atoms with Gasteiger partial charge in [-0.15, -0.1) is 0 Å². The maximum atomic E-state index is 10.8. The Hall–Kier alpha value is -1.10. The third-order valence-electron chi connectivity index (χ3n) is 3.01. The second kappa shape index (κ2) is 5.49. The quantitative estimate of drug-likeness (QED) is 0.932. The molecule has 1 aromatic rings. The van der Waals surface area contributed by atoms with E-state index in [2.05, 4.69) is 20.9 Å². The molecular weight excluding hydrogens is 286 g/mol. The summed E-state index contributed by atoms with van der Waals surface area (Å²) in [5.41, 5.74) is 0. The third kappa shape index (κ3) is 3.43. The normalized spacial score (nSPS) is 24.3. The molecule has 1 aromatic heterocycles. The van der Waals surface area contributed by atoms with E-state index in [4.69, 9.17) is 9.84 Å². The Morgan fingerprint density at radius 2 is 2.06 bits per heavy atom. The smallest absolute Gasteiger partial charge is 0.306 e. The molecule has 1 heterocycles. The van der Waals surface area contributed by atoms with Gasteiger partial charge in [-0.3, -0.25) is 4.79 Å². The van der Waals surface area contributed by atoms with Crippen molar-refractivity contribution in [2.24, 2.45) is 5.92 Å². The number of rotatable bonds is 3. The Balaban J connectivity index is 1.85. The molecule has 17 heavy (non-hydrogen) atoms. The summed E-state index contributed by atoms with van der Waals surface area (Å²) in [5, 5.41) is 8.89. The molecule has 1 saturated carbocycles. The number of nitrogens with zero attached hydrogens (tertiary/aromatic N) is 1. The molecule has 0 saturated heterocycles. The zero-order valence-electron chi connectivity index (χ0n) is 9.30. The minimum Gasteiger partial charge on any atom is -0.481 e. The van der Waals surface area contributed by atoms with Gasteiger partial charge in [0, 0.05) is 16.7 Å². The molecule has 1 fully saturated rings. The summed E-state index contributed by atoms with van der Waals surface area (Å²) < 4.78 is 6.63. The topological polar surface area (TPSA) is 59.4 Å². The SMILES string of the molecule is O=C(O)[C@H]1CC[C@@H](Oc2ccc(Br)cn2)CC1. The van der Waals surface area contributed by atoms with Gasteiger partial charge in [-0.2, -0.15) is 0 Å². The second-order valence-corrected chi connectivity index (χ2v) is 5.16. The van der Waals surface area contributed by atoms with Crippen molar-refractivity contribution in [1.82, 2.24) is 4.98 Å². The molecule has 0 atom stereocenters. The Kier molecular flexibility index (Phi) is 3.99. The third-order valence-corrected chi connectivity index (χ3v) is 3.48. The molecule has 0 unspecified atom stereocenters. The van der Waals surface area contributed by atoms with Crippen LogP contribution < -0.4 is 4.74 Å². The lowest BCUT2D eigenvalue weighted by Gasteiger charge is -2.26. The average molecular weight is 300 g/mol. The maximum absolute atomic E-state index is 10.8. The van der Waals surface area contributed by atoms with Gasteiger partial charge < -0.3 is 9.84 Å². The van der Waals surface area contributed by atoms with E-state index in [0.29, 0.717) is 18.7 Å². The summed E-state index contributed by atoms with van der Waals surface area (Å²) in [5.74, 6) is -0.287. The predicted octanol–water partition coefficient (Wildman–Crippen LogP) is 2.87. The number of pyridine rings is 1. The van der Waals surface area contributed by atoms with Gasteiger partial charge in [0.05, 0.1) is 5.92 Å². The summed E-state index contributed by atoms with van der Waals surface area (Å²) in [6, 6.07) is 3.69. The van der Waals surface area contributed by atoms with Crippen molar-refractivity contribution in [2.45, 2.75) is 31.8 Å². The van der Waals surface area contributed by atoms with Gasteiger partial charge >= 0.3 is 5.97 Å². The van der Waals surface area contributed by atoms with Gasteiger partial charge in [0.15, 0.2) is 0 Å². The molecule has 0 bridgehead atoms.